The van der Waals surface area contributed by atoms with Gasteiger partial charge in [-0.05, 0) is 30.5 Å². The van der Waals surface area contributed by atoms with Crippen LogP contribution >= 0.6 is 0 Å². The molecule has 0 unspecified atom stereocenters. The third kappa shape index (κ3) is 2.54. The van der Waals surface area contributed by atoms with Gasteiger partial charge in [-0.3, -0.25) is 4.98 Å². The Morgan fingerprint density at radius 1 is 1.06 bits per heavy atom. The molecule has 0 atom stereocenters. The summed E-state index contributed by atoms with van der Waals surface area (Å²) in [6, 6.07) is 11.3. The lowest BCUT2D eigenvalue weighted by Gasteiger charge is -2.23. The summed E-state index contributed by atoms with van der Waals surface area (Å²) in [6.07, 6.45) is 8.71. The number of nitrogens with one attached hydrogen (secondary N) is 1. The van der Waals surface area contributed by atoms with Crippen LogP contribution in [0.15, 0.2) is 36.5 Å². The molecular formula is C16H20N2. The lowest BCUT2D eigenvalue weighted by atomic mass is 9.95. The van der Waals surface area contributed by atoms with Gasteiger partial charge in [-0.1, -0.05) is 37.5 Å². The second-order valence-electron chi connectivity index (χ2n) is 5.20. The van der Waals surface area contributed by atoms with Crippen molar-refractivity contribution >= 4 is 10.9 Å². The summed E-state index contributed by atoms with van der Waals surface area (Å²) in [7, 11) is 0. The van der Waals surface area contributed by atoms with Crippen LogP contribution in [0.3, 0.4) is 0 Å². The maximum atomic E-state index is 4.41. The summed E-state index contributed by atoms with van der Waals surface area (Å²) < 4.78 is 0. The van der Waals surface area contributed by atoms with Crippen LogP contribution in [-0.4, -0.2) is 11.0 Å². The second-order valence-corrected chi connectivity index (χ2v) is 5.20. The van der Waals surface area contributed by atoms with Crippen molar-refractivity contribution in [2.24, 2.45) is 0 Å². The zero-order valence-electron chi connectivity index (χ0n) is 10.7. The Morgan fingerprint density at radius 2 is 1.94 bits per heavy atom. The average molecular weight is 240 g/mol. The fraction of sp³-hybridized carbons (Fsp3) is 0.438. The van der Waals surface area contributed by atoms with Crippen LogP contribution in [0.2, 0.25) is 0 Å². The third-order valence-electron chi connectivity index (χ3n) is 3.92. The Morgan fingerprint density at radius 3 is 2.83 bits per heavy atom. The SMILES string of the molecule is c1cc(CNC2CCCCC2)c2cccnc2c1. The van der Waals surface area contributed by atoms with E-state index in [9.17, 15) is 0 Å². The molecule has 18 heavy (non-hydrogen) atoms. The molecule has 1 N–H and O–H groups in total. The van der Waals surface area contributed by atoms with Crippen LogP contribution in [0.5, 0.6) is 0 Å². The summed E-state index contributed by atoms with van der Waals surface area (Å²) in [5.74, 6) is 0. The van der Waals surface area contributed by atoms with E-state index in [4.69, 9.17) is 0 Å². The molecule has 1 heterocycles. The number of hydrogen-bond donors (Lipinski definition) is 1. The van der Waals surface area contributed by atoms with Gasteiger partial charge in [0.15, 0.2) is 0 Å². The summed E-state index contributed by atoms with van der Waals surface area (Å²) in [5.41, 5.74) is 2.46. The maximum absolute atomic E-state index is 4.41. The summed E-state index contributed by atoms with van der Waals surface area (Å²) in [4.78, 5) is 4.41. The van der Waals surface area contributed by atoms with E-state index < -0.39 is 0 Å². The molecule has 1 saturated carbocycles. The molecule has 0 spiro atoms. The smallest absolute Gasteiger partial charge is 0.0705 e. The molecule has 2 heteroatoms. The summed E-state index contributed by atoms with van der Waals surface area (Å²) in [6.45, 7) is 0.966. The number of rotatable bonds is 3. The van der Waals surface area contributed by atoms with Gasteiger partial charge in [-0.2, -0.15) is 0 Å². The zero-order valence-corrected chi connectivity index (χ0v) is 10.7. The minimum Gasteiger partial charge on any atom is -0.310 e. The monoisotopic (exact) mass is 240 g/mol. The lowest BCUT2D eigenvalue weighted by Crippen LogP contribution is -2.30. The van der Waals surface area contributed by atoms with Gasteiger partial charge in [0.25, 0.3) is 0 Å². The Bertz CT molecular complexity index is 510. The number of hydrogen-bond acceptors (Lipinski definition) is 2. The van der Waals surface area contributed by atoms with Crippen molar-refractivity contribution in [1.82, 2.24) is 10.3 Å². The zero-order chi connectivity index (χ0) is 12.2. The van der Waals surface area contributed by atoms with Crippen LogP contribution in [0.25, 0.3) is 10.9 Å². The quantitative estimate of drug-likeness (QED) is 0.885. The summed E-state index contributed by atoms with van der Waals surface area (Å²) in [5, 5.41) is 4.98. The van der Waals surface area contributed by atoms with E-state index in [1.165, 1.54) is 43.1 Å². The number of benzene rings is 1. The predicted octanol–water partition coefficient (Wildman–Crippen LogP) is 3.66. The topological polar surface area (TPSA) is 24.9 Å². The molecule has 3 rings (SSSR count). The van der Waals surface area contributed by atoms with E-state index in [-0.39, 0.29) is 0 Å². The Balaban J connectivity index is 1.74. The molecule has 1 aromatic carbocycles. The molecule has 1 aliphatic carbocycles. The van der Waals surface area contributed by atoms with E-state index in [1.807, 2.05) is 12.3 Å². The first-order valence-electron chi connectivity index (χ1n) is 6.99. The summed E-state index contributed by atoms with van der Waals surface area (Å²) >= 11 is 0. The van der Waals surface area contributed by atoms with Crippen molar-refractivity contribution in [3.63, 3.8) is 0 Å². The van der Waals surface area contributed by atoms with Gasteiger partial charge in [0.2, 0.25) is 0 Å². The van der Waals surface area contributed by atoms with Crippen LogP contribution in [0.4, 0.5) is 0 Å². The van der Waals surface area contributed by atoms with Crippen molar-refractivity contribution in [3.8, 4) is 0 Å². The molecule has 1 aromatic heterocycles. The molecule has 0 aliphatic heterocycles. The molecule has 94 valence electrons. The molecular weight excluding hydrogens is 220 g/mol. The largest absolute Gasteiger partial charge is 0.310 e. The third-order valence-corrected chi connectivity index (χ3v) is 3.92. The first-order valence-corrected chi connectivity index (χ1v) is 6.99. The van der Waals surface area contributed by atoms with Gasteiger partial charge in [0.1, 0.15) is 0 Å². The number of nitrogens with zero attached hydrogens (tertiary/aromatic N) is 1. The van der Waals surface area contributed by atoms with Crippen molar-refractivity contribution in [3.05, 3.63) is 42.1 Å². The first-order chi connectivity index (χ1) is 8.93. The van der Waals surface area contributed by atoms with Crippen molar-refractivity contribution in [1.29, 1.82) is 0 Å². The Hall–Kier alpha value is -1.41. The minimum absolute atomic E-state index is 0.714. The van der Waals surface area contributed by atoms with E-state index in [0.717, 1.165) is 12.1 Å². The van der Waals surface area contributed by atoms with E-state index in [0.29, 0.717) is 6.04 Å². The van der Waals surface area contributed by atoms with Gasteiger partial charge in [-0.25, -0.2) is 0 Å². The van der Waals surface area contributed by atoms with Gasteiger partial charge in [0.05, 0.1) is 5.52 Å². The van der Waals surface area contributed by atoms with Crippen LogP contribution in [0, 0.1) is 0 Å². The molecule has 0 bridgehead atoms. The maximum Gasteiger partial charge on any atom is 0.0705 e. The standard InChI is InChI=1S/C16H20N2/c1-2-7-14(8-3-1)18-12-13-6-4-10-16-15(13)9-5-11-17-16/h4-6,9-11,14,18H,1-3,7-8,12H2. The fourth-order valence-corrected chi connectivity index (χ4v) is 2.88. The highest BCUT2D eigenvalue weighted by molar-refractivity contribution is 5.81. The van der Waals surface area contributed by atoms with Gasteiger partial charge < -0.3 is 5.32 Å². The average Bonchev–Trinajstić information content (AvgIpc) is 2.46. The van der Waals surface area contributed by atoms with Crippen molar-refractivity contribution < 1.29 is 0 Å². The number of pyridine rings is 1. The lowest BCUT2D eigenvalue weighted by molar-refractivity contribution is 0.373. The molecule has 1 fully saturated rings. The highest BCUT2D eigenvalue weighted by Crippen LogP contribution is 2.20. The van der Waals surface area contributed by atoms with Crippen LogP contribution in [-0.2, 0) is 6.54 Å². The second kappa shape index (κ2) is 5.49. The van der Waals surface area contributed by atoms with Crippen LogP contribution in [0.1, 0.15) is 37.7 Å². The van der Waals surface area contributed by atoms with E-state index in [1.54, 1.807) is 0 Å². The Labute approximate surface area is 108 Å². The van der Waals surface area contributed by atoms with Gasteiger partial charge in [-0.15, -0.1) is 0 Å². The molecule has 2 aromatic rings. The highest BCUT2D eigenvalue weighted by atomic mass is 14.9. The van der Waals surface area contributed by atoms with Crippen molar-refractivity contribution in [2.45, 2.75) is 44.7 Å². The molecule has 2 nitrogen and oxygen atoms in total. The molecule has 0 saturated heterocycles. The number of fused-ring (bicyclic) bond motifs is 1. The van der Waals surface area contributed by atoms with Gasteiger partial charge in [0, 0.05) is 24.2 Å². The minimum atomic E-state index is 0.714. The highest BCUT2D eigenvalue weighted by Gasteiger charge is 2.12. The molecule has 1 aliphatic rings. The predicted molar refractivity (Wildman–Crippen MR) is 75.5 cm³/mol. The van der Waals surface area contributed by atoms with Crippen molar-refractivity contribution in [2.75, 3.05) is 0 Å². The first kappa shape index (κ1) is 11.7. The van der Waals surface area contributed by atoms with Gasteiger partial charge >= 0.3 is 0 Å². The molecule has 0 radical (unpaired) electrons. The van der Waals surface area contributed by atoms with Crippen LogP contribution < -0.4 is 5.32 Å². The Kier molecular flexibility index (Phi) is 3.56. The van der Waals surface area contributed by atoms with E-state index >= 15 is 0 Å². The molecule has 0 amide bonds. The number of aromatic nitrogens is 1. The fourth-order valence-electron chi connectivity index (χ4n) is 2.88. The normalized spacial score (nSPS) is 17.1. The van der Waals surface area contributed by atoms with E-state index in [2.05, 4.69) is 34.6 Å².